The van der Waals surface area contributed by atoms with E-state index in [1.54, 1.807) is 24.3 Å². The SMILES string of the molecule is Fc1ccc2c(Cl)nc(-c3cccc(Cl)c3)nc2c1. The Morgan fingerprint density at radius 2 is 1.79 bits per heavy atom. The average molecular weight is 293 g/mol. The number of halogens is 3. The largest absolute Gasteiger partial charge is 0.228 e. The first-order valence-electron chi connectivity index (χ1n) is 5.52. The van der Waals surface area contributed by atoms with Crippen molar-refractivity contribution in [3.8, 4) is 11.4 Å². The zero-order chi connectivity index (χ0) is 13.4. The van der Waals surface area contributed by atoms with E-state index >= 15 is 0 Å². The summed E-state index contributed by atoms with van der Waals surface area (Å²) in [6.45, 7) is 0. The topological polar surface area (TPSA) is 25.8 Å². The molecule has 1 aromatic heterocycles. The van der Waals surface area contributed by atoms with Crippen molar-refractivity contribution in [3.05, 3.63) is 58.5 Å². The van der Waals surface area contributed by atoms with Gasteiger partial charge in [0, 0.05) is 22.0 Å². The maximum Gasteiger partial charge on any atom is 0.161 e. The summed E-state index contributed by atoms with van der Waals surface area (Å²) in [4.78, 5) is 8.53. The molecular weight excluding hydrogens is 286 g/mol. The van der Waals surface area contributed by atoms with Gasteiger partial charge in [-0.15, -0.1) is 0 Å². The lowest BCUT2D eigenvalue weighted by Crippen LogP contribution is -1.92. The number of benzene rings is 2. The molecule has 19 heavy (non-hydrogen) atoms. The molecule has 0 N–H and O–H groups in total. The van der Waals surface area contributed by atoms with Crippen LogP contribution >= 0.6 is 23.2 Å². The van der Waals surface area contributed by atoms with E-state index in [1.165, 1.54) is 12.1 Å². The van der Waals surface area contributed by atoms with Gasteiger partial charge in [-0.05, 0) is 24.3 Å². The van der Waals surface area contributed by atoms with Gasteiger partial charge in [-0.25, -0.2) is 14.4 Å². The van der Waals surface area contributed by atoms with Crippen LogP contribution in [0.3, 0.4) is 0 Å². The molecule has 0 amide bonds. The van der Waals surface area contributed by atoms with Crippen LogP contribution in [-0.4, -0.2) is 9.97 Å². The van der Waals surface area contributed by atoms with Crippen molar-refractivity contribution >= 4 is 34.1 Å². The Bertz CT molecular complexity index is 774. The van der Waals surface area contributed by atoms with E-state index < -0.39 is 0 Å². The Kier molecular flexibility index (Phi) is 3.09. The summed E-state index contributed by atoms with van der Waals surface area (Å²) in [6.07, 6.45) is 0. The first-order chi connectivity index (χ1) is 9.13. The maximum absolute atomic E-state index is 13.2. The summed E-state index contributed by atoms with van der Waals surface area (Å²) >= 11 is 12.0. The van der Waals surface area contributed by atoms with E-state index in [-0.39, 0.29) is 5.82 Å². The summed E-state index contributed by atoms with van der Waals surface area (Å²) in [6, 6.07) is 11.3. The molecule has 0 atom stereocenters. The minimum atomic E-state index is -0.362. The van der Waals surface area contributed by atoms with Gasteiger partial charge in [0.05, 0.1) is 5.52 Å². The fourth-order valence-corrected chi connectivity index (χ4v) is 2.25. The second-order valence-electron chi connectivity index (χ2n) is 4.01. The Balaban J connectivity index is 2.25. The predicted octanol–water partition coefficient (Wildman–Crippen LogP) is 4.74. The third-order valence-electron chi connectivity index (χ3n) is 2.70. The van der Waals surface area contributed by atoms with Crippen molar-refractivity contribution in [3.63, 3.8) is 0 Å². The summed E-state index contributed by atoms with van der Waals surface area (Å²) in [7, 11) is 0. The molecule has 0 aliphatic carbocycles. The highest BCUT2D eigenvalue weighted by Gasteiger charge is 2.09. The fourth-order valence-electron chi connectivity index (χ4n) is 1.82. The molecule has 0 aliphatic heterocycles. The fraction of sp³-hybridized carbons (Fsp3) is 0. The van der Waals surface area contributed by atoms with Gasteiger partial charge in [-0.2, -0.15) is 0 Å². The maximum atomic E-state index is 13.2. The molecule has 0 saturated heterocycles. The highest BCUT2D eigenvalue weighted by molar-refractivity contribution is 6.34. The molecule has 0 fully saturated rings. The number of hydrogen-bond acceptors (Lipinski definition) is 2. The van der Waals surface area contributed by atoms with Crippen molar-refractivity contribution in [2.75, 3.05) is 0 Å². The molecule has 1 heterocycles. The van der Waals surface area contributed by atoms with E-state index in [4.69, 9.17) is 23.2 Å². The van der Waals surface area contributed by atoms with Crippen molar-refractivity contribution in [1.82, 2.24) is 9.97 Å². The lowest BCUT2D eigenvalue weighted by atomic mass is 10.2. The smallest absolute Gasteiger partial charge is 0.161 e. The molecular formula is C14H7Cl2FN2. The Hall–Kier alpha value is -1.71. The molecule has 0 spiro atoms. The van der Waals surface area contributed by atoms with E-state index in [2.05, 4.69) is 9.97 Å². The van der Waals surface area contributed by atoms with Gasteiger partial charge in [-0.3, -0.25) is 0 Å². The highest BCUT2D eigenvalue weighted by atomic mass is 35.5. The molecule has 2 nitrogen and oxygen atoms in total. The standard InChI is InChI=1S/C14H7Cl2FN2/c15-9-3-1-2-8(6-9)14-18-12-7-10(17)4-5-11(12)13(16)19-14/h1-7H. The zero-order valence-electron chi connectivity index (χ0n) is 9.57. The summed E-state index contributed by atoms with van der Waals surface area (Å²) in [5, 5.41) is 1.49. The lowest BCUT2D eigenvalue weighted by molar-refractivity contribution is 0.629. The van der Waals surface area contributed by atoms with E-state index in [9.17, 15) is 4.39 Å². The minimum Gasteiger partial charge on any atom is -0.228 e. The van der Waals surface area contributed by atoms with Crippen molar-refractivity contribution in [2.24, 2.45) is 0 Å². The van der Waals surface area contributed by atoms with Gasteiger partial charge in [0.15, 0.2) is 5.82 Å². The van der Waals surface area contributed by atoms with Crippen LogP contribution in [0.1, 0.15) is 0 Å². The third-order valence-corrected chi connectivity index (χ3v) is 3.22. The summed E-state index contributed by atoms with van der Waals surface area (Å²) in [5.74, 6) is 0.0601. The van der Waals surface area contributed by atoms with Gasteiger partial charge in [0.25, 0.3) is 0 Å². The molecule has 0 radical (unpaired) electrons. The number of aromatic nitrogens is 2. The second kappa shape index (κ2) is 4.76. The Morgan fingerprint density at radius 3 is 2.58 bits per heavy atom. The molecule has 0 aliphatic rings. The van der Waals surface area contributed by atoms with Crippen LogP contribution in [0.2, 0.25) is 10.2 Å². The van der Waals surface area contributed by atoms with Gasteiger partial charge in [0.2, 0.25) is 0 Å². The number of nitrogens with zero attached hydrogens (tertiary/aromatic N) is 2. The van der Waals surface area contributed by atoms with Crippen LogP contribution in [0.25, 0.3) is 22.3 Å². The monoisotopic (exact) mass is 292 g/mol. The third kappa shape index (κ3) is 2.39. The molecule has 0 unspecified atom stereocenters. The van der Waals surface area contributed by atoms with Gasteiger partial charge >= 0.3 is 0 Å². The second-order valence-corrected chi connectivity index (χ2v) is 4.80. The Labute approximate surface area is 118 Å². The quantitative estimate of drug-likeness (QED) is 0.605. The van der Waals surface area contributed by atoms with Crippen molar-refractivity contribution in [2.45, 2.75) is 0 Å². The molecule has 3 rings (SSSR count). The molecule has 3 aromatic rings. The minimum absolute atomic E-state index is 0.292. The molecule has 0 bridgehead atoms. The zero-order valence-corrected chi connectivity index (χ0v) is 11.1. The first kappa shape index (κ1) is 12.3. The normalized spacial score (nSPS) is 10.9. The van der Waals surface area contributed by atoms with Gasteiger partial charge < -0.3 is 0 Å². The highest BCUT2D eigenvalue weighted by Crippen LogP contribution is 2.26. The average Bonchev–Trinajstić information content (AvgIpc) is 2.38. The van der Waals surface area contributed by atoms with Crippen LogP contribution in [-0.2, 0) is 0 Å². The lowest BCUT2D eigenvalue weighted by Gasteiger charge is -2.05. The first-order valence-corrected chi connectivity index (χ1v) is 6.28. The molecule has 94 valence electrons. The molecule has 0 saturated carbocycles. The van der Waals surface area contributed by atoms with Crippen LogP contribution in [0, 0.1) is 5.82 Å². The van der Waals surface area contributed by atoms with Crippen molar-refractivity contribution in [1.29, 1.82) is 0 Å². The van der Waals surface area contributed by atoms with E-state index in [1.807, 2.05) is 6.07 Å². The van der Waals surface area contributed by atoms with Crippen LogP contribution < -0.4 is 0 Å². The molecule has 2 aromatic carbocycles. The van der Waals surface area contributed by atoms with Gasteiger partial charge in [-0.1, -0.05) is 35.3 Å². The van der Waals surface area contributed by atoms with Crippen LogP contribution in [0.15, 0.2) is 42.5 Å². The Morgan fingerprint density at radius 1 is 0.947 bits per heavy atom. The molecule has 5 heteroatoms. The van der Waals surface area contributed by atoms with Crippen molar-refractivity contribution < 1.29 is 4.39 Å². The summed E-state index contributed by atoms with van der Waals surface area (Å²) < 4.78 is 13.2. The number of fused-ring (bicyclic) bond motifs is 1. The van der Waals surface area contributed by atoms with Crippen LogP contribution in [0.5, 0.6) is 0 Å². The van der Waals surface area contributed by atoms with E-state index in [0.29, 0.717) is 26.9 Å². The summed E-state index contributed by atoms with van der Waals surface area (Å²) in [5.41, 5.74) is 1.20. The predicted molar refractivity (Wildman–Crippen MR) is 75.0 cm³/mol. The number of hydrogen-bond donors (Lipinski definition) is 0. The van der Waals surface area contributed by atoms with Gasteiger partial charge in [0.1, 0.15) is 11.0 Å². The number of rotatable bonds is 1. The van der Waals surface area contributed by atoms with Crippen LogP contribution in [0.4, 0.5) is 4.39 Å². The van der Waals surface area contributed by atoms with E-state index in [0.717, 1.165) is 5.56 Å².